The average molecular weight is 269 g/mol. The van der Waals surface area contributed by atoms with E-state index in [4.69, 9.17) is 0 Å². The van der Waals surface area contributed by atoms with Crippen molar-refractivity contribution in [3.8, 4) is 0 Å². The van der Waals surface area contributed by atoms with Crippen molar-refractivity contribution in [2.45, 2.75) is 24.3 Å². The molecule has 1 aliphatic rings. The third kappa shape index (κ3) is 2.64. The lowest BCUT2D eigenvalue weighted by atomic mass is 10.2. The van der Waals surface area contributed by atoms with Crippen LogP contribution in [-0.4, -0.2) is 45.3 Å². The molecule has 1 aliphatic heterocycles. The van der Waals surface area contributed by atoms with Crippen LogP contribution >= 0.6 is 0 Å². The van der Waals surface area contributed by atoms with Gasteiger partial charge in [-0.1, -0.05) is 0 Å². The Labute approximate surface area is 108 Å². The van der Waals surface area contributed by atoms with E-state index >= 15 is 0 Å². The van der Waals surface area contributed by atoms with E-state index in [2.05, 4.69) is 15.2 Å². The summed E-state index contributed by atoms with van der Waals surface area (Å²) in [5.41, 5.74) is 0. The molecular weight excluding hydrogens is 250 g/mol. The molecule has 0 bridgehead atoms. The lowest BCUT2D eigenvalue weighted by molar-refractivity contribution is 0.596. The Morgan fingerprint density at radius 1 is 1.56 bits per heavy atom. The molecule has 1 unspecified atom stereocenters. The molecule has 1 saturated heterocycles. The number of nitrogens with zero attached hydrogens (tertiary/aromatic N) is 2. The van der Waals surface area contributed by atoms with E-state index in [1.165, 1.54) is 6.26 Å². The van der Waals surface area contributed by atoms with Crippen molar-refractivity contribution >= 4 is 15.7 Å². The van der Waals surface area contributed by atoms with Crippen LogP contribution < -0.4 is 10.2 Å². The molecule has 6 heteroatoms. The summed E-state index contributed by atoms with van der Waals surface area (Å²) in [7, 11) is -3.24. The number of anilines is 1. The van der Waals surface area contributed by atoms with Crippen molar-refractivity contribution in [2.24, 2.45) is 0 Å². The van der Waals surface area contributed by atoms with E-state index in [0.29, 0.717) is 16.8 Å². The van der Waals surface area contributed by atoms with Gasteiger partial charge < -0.3 is 10.2 Å². The van der Waals surface area contributed by atoms with Gasteiger partial charge >= 0.3 is 0 Å². The van der Waals surface area contributed by atoms with Gasteiger partial charge in [-0.2, -0.15) is 0 Å². The van der Waals surface area contributed by atoms with E-state index in [9.17, 15) is 8.42 Å². The van der Waals surface area contributed by atoms with Crippen LogP contribution in [0, 0.1) is 0 Å². The van der Waals surface area contributed by atoms with E-state index < -0.39 is 9.84 Å². The molecule has 100 valence electrons. The molecule has 0 aromatic carbocycles. The third-order valence-corrected chi connectivity index (χ3v) is 4.36. The van der Waals surface area contributed by atoms with Crippen LogP contribution in [-0.2, 0) is 9.84 Å². The molecule has 18 heavy (non-hydrogen) atoms. The molecule has 1 N–H and O–H groups in total. The van der Waals surface area contributed by atoms with E-state index in [1.54, 1.807) is 18.3 Å². The minimum atomic E-state index is -3.24. The molecule has 1 aromatic heterocycles. The Balaban J connectivity index is 2.42. The highest BCUT2D eigenvalue weighted by atomic mass is 32.2. The summed E-state index contributed by atoms with van der Waals surface area (Å²) in [6.45, 7) is 4.64. The SMILES string of the molecule is CCN(c1ncccc1S(C)(=O)=O)C1CCNC1. The first-order chi connectivity index (χ1) is 8.54. The molecule has 2 heterocycles. The Kier molecular flexibility index (Phi) is 3.87. The van der Waals surface area contributed by atoms with Crippen LogP contribution in [0.2, 0.25) is 0 Å². The highest BCUT2D eigenvalue weighted by Gasteiger charge is 2.26. The summed E-state index contributed by atoms with van der Waals surface area (Å²) in [4.78, 5) is 6.68. The number of aromatic nitrogens is 1. The minimum absolute atomic E-state index is 0.318. The second-order valence-electron chi connectivity index (χ2n) is 4.53. The number of pyridine rings is 1. The van der Waals surface area contributed by atoms with Gasteiger partial charge in [0.1, 0.15) is 10.7 Å². The standard InChI is InChI=1S/C12H19N3O2S/c1-3-15(10-6-8-13-9-10)12-11(18(2,16)17)5-4-7-14-12/h4-5,7,10,13H,3,6,8-9H2,1-2H3. The second-order valence-corrected chi connectivity index (χ2v) is 6.51. The van der Waals surface area contributed by atoms with Crippen molar-refractivity contribution in [1.82, 2.24) is 10.3 Å². The Hall–Kier alpha value is -1.14. The molecule has 0 spiro atoms. The minimum Gasteiger partial charge on any atom is -0.352 e. The first-order valence-corrected chi connectivity index (χ1v) is 8.05. The molecule has 1 fully saturated rings. The van der Waals surface area contributed by atoms with Gasteiger partial charge in [0.15, 0.2) is 9.84 Å². The summed E-state index contributed by atoms with van der Waals surface area (Å²) in [6.07, 6.45) is 3.90. The average Bonchev–Trinajstić information content (AvgIpc) is 2.83. The van der Waals surface area contributed by atoms with Crippen LogP contribution in [0.3, 0.4) is 0 Å². The lowest BCUT2D eigenvalue weighted by Crippen LogP contribution is -2.38. The van der Waals surface area contributed by atoms with Crippen molar-refractivity contribution in [2.75, 3.05) is 30.8 Å². The van der Waals surface area contributed by atoms with Crippen molar-refractivity contribution in [1.29, 1.82) is 0 Å². The maximum absolute atomic E-state index is 11.8. The summed E-state index contributed by atoms with van der Waals surface area (Å²) in [5, 5.41) is 3.30. The molecule has 0 radical (unpaired) electrons. The van der Waals surface area contributed by atoms with Crippen molar-refractivity contribution in [3.05, 3.63) is 18.3 Å². The van der Waals surface area contributed by atoms with E-state index in [0.717, 1.165) is 26.1 Å². The predicted molar refractivity (Wildman–Crippen MR) is 71.6 cm³/mol. The van der Waals surface area contributed by atoms with Gasteiger partial charge in [-0.05, 0) is 32.0 Å². The van der Waals surface area contributed by atoms with Crippen LogP contribution in [0.25, 0.3) is 0 Å². The van der Waals surface area contributed by atoms with Crippen molar-refractivity contribution < 1.29 is 8.42 Å². The van der Waals surface area contributed by atoms with E-state index in [1.807, 2.05) is 6.92 Å². The number of hydrogen-bond donors (Lipinski definition) is 1. The van der Waals surface area contributed by atoms with Gasteiger partial charge in [-0.25, -0.2) is 13.4 Å². The zero-order chi connectivity index (χ0) is 13.2. The largest absolute Gasteiger partial charge is 0.352 e. The van der Waals surface area contributed by atoms with Crippen LogP contribution in [0.1, 0.15) is 13.3 Å². The second kappa shape index (κ2) is 5.24. The first kappa shape index (κ1) is 13.3. The molecule has 1 aromatic rings. The Morgan fingerprint density at radius 3 is 2.89 bits per heavy atom. The van der Waals surface area contributed by atoms with Gasteiger partial charge in [0, 0.05) is 31.6 Å². The van der Waals surface area contributed by atoms with Gasteiger partial charge in [-0.15, -0.1) is 0 Å². The summed E-state index contributed by atoms with van der Waals surface area (Å²) < 4.78 is 23.6. The van der Waals surface area contributed by atoms with Crippen LogP contribution in [0.4, 0.5) is 5.82 Å². The molecule has 0 aliphatic carbocycles. The summed E-state index contributed by atoms with van der Waals surface area (Å²) in [5.74, 6) is 0.580. The Bertz CT molecular complexity index is 510. The fourth-order valence-corrected chi connectivity index (χ4v) is 3.20. The topological polar surface area (TPSA) is 62.3 Å². The normalized spacial score (nSPS) is 20.0. The van der Waals surface area contributed by atoms with Crippen LogP contribution in [0.5, 0.6) is 0 Å². The molecule has 5 nitrogen and oxygen atoms in total. The quantitative estimate of drug-likeness (QED) is 0.870. The Morgan fingerprint density at radius 2 is 2.33 bits per heavy atom. The predicted octanol–water partition coefficient (Wildman–Crippen LogP) is 0.673. The van der Waals surface area contributed by atoms with Gasteiger partial charge in [0.05, 0.1) is 0 Å². The third-order valence-electron chi connectivity index (χ3n) is 3.24. The molecule has 0 amide bonds. The summed E-state index contributed by atoms with van der Waals surface area (Å²) >= 11 is 0. The number of likely N-dealkylation sites (N-methyl/N-ethyl adjacent to an activating group) is 1. The zero-order valence-electron chi connectivity index (χ0n) is 10.8. The fourth-order valence-electron chi connectivity index (χ4n) is 2.37. The number of sulfone groups is 1. The monoisotopic (exact) mass is 269 g/mol. The zero-order valence-corrected chi connectivity index (χ0v) is 11.6. The lowest BCUT2D eigenvalue weighted by Gasteiger charge is -2.29. The van der Waals surface area contributed by atoms with E-state index in [-0.39, 0.29) is 0 Å². The van der Waals surface area contributed by atoms with Crippen molar-refractivity contribution in [3.63, 3.8) is 0 Å². The molecule has 1 atom stereocenters. The molecule has 0 saturated carbocycles. The summed E-state index contributed by atoms with van der Waals surface area (Å²) in [6, 6.07) is 3.62. The fraction of sp³-hybridized carbons (Fsp3) is 0.583. The number of hydrogen-bond acceptors (Lipinski definition) is 5. The maximum atomic E-state index is 11.8. The van der Waals surface area contributed by atoms with Gasteiger partial charge in [-0.3, -0.25) is 0 Å². The van der Waals surface area contributed by atoms with Gasteiger partial charge in [0.25, 0.3) is 0 Å². The number of rotatable bonds is 4. The first-order valence-electron chi connectivity index (χ1n) is 6.16. The highest BCUT2D eigenvalue weighted by molar-refractivity contribution is 7.90. The number of nitrogens with one attached hydrogen (secondary N) is 1. The van der Waals surface area contributed by atoms with Crippen LogP contribution in [0.15, 0.2) is 23.2 Å². The molecular formula is C12H19N3O2S. The maximum Gasteiger partial charge on any atom is 0.179 e. The van der Waals surface area contributed by atoms with Gasteiger partial charge in [0.2, 0.25) is 0 Å². The smallest absolute Gasteiger partial charge is 0.179 e. The highest BCUT2D eigenvalue weighted by Crippen LogP contribution is 2.25. The molecule has 2 rings (SSSR count).